The van der Waals surface area contributed by atoms with Crippen LogP contribution in [-0.2, 0) is 4.79 Å². The molecule has 1 aliphatic rings. The zero-order valence-corrected chi connectivity index (χ0v) is 16.0. The van der Waals surface area contributed by atoms with Gasteiger partial charge in [-0.25, -0.2) is 4.98 Å². The Morgan fingerprint density at radius 1 is 1.32 bits per heavy atom. The van der Waals surface area contributed by atoms with Crippen LogP contribution in [0.5, 0.6) is 5.88 Å². The molecular formula is C17H24ClF3N4O3. The summed E-state index contributed by atoms with van der Waals surface area (Å²) in [6.07, 6.45) is -0.472. The van der Waals surface area contributed by atoms with Crippen LogP contribution in [-0.4, -0.2) is 60.2 Å². The van der Waals surface area contributed by atoms with Crippen LogP contribution in [0, 0.1) is 0 Å². The average Bonchev–Trinajstić information content (AvgIpc) is 2.64. The maximum atomic E-state index is 12.7. The van der Waals surface area contributed by atoms with E-state index in [0.717, 1.165) is 19.3 Å². The molecule has 2 rings (SSSR count). The van der Waals surface area contributed by atoms with E-state index < -0.39 is 12.8 Å². The summed E-state index contributed by atoms with van der Waals surface area (Å²) in [5.74, 6) is -0.640. The standard InChI is InChI=1S/C17H23F3N4O3.ClH/c18-17(19,20)11-27-15-5-4-12(9-23-15)16(26)24-8-2-1-3-13(24)10-22-14(25)6-7-21;/h4-5,9,13H,1-3,6-8,10-11,21H2,(H,22,25);1H. The molecule has 0 saturated carbocycles. The normalized spacial score (nSPS) is 16.9. The van der Waals surface area contributed by atoms with Crippen molar-refractivity contribution in [2.24, 2.45) is 5.73 Å². The van der Waals surface area contributed by atoms with E-state index in [1.165, 1.54) is 18.3 Å². The lowest BCUT2D eigenvalue weighted by Gasteiger charge is -2.36. The van der Waals surface area contributed by atoms with E-state index in [-0.39, 0.29) is 54.7 Å². The second-order valence-corrected chi connectivity index (χ2v) is 6.28. The van der Waals surface area contributed by atoms with Crippen molar-refractivity contribution >= 4 is 24.2 Å². The van der Waals surface area contributed by atoms with Gasteiger partial charge in [0.25, 0.3) is 5.91 Å². The number of pyridine rings is 1. The molecule has 1 aromatic rings. The summed E-state index contributed by atoms with van der Waals surface area (Å²) in [4.78, 5) is 29.8. The zero-order chi connectivity index (χ0) is 19.9. The number of rotatable bonds is 7. The fourth-order valence-corrected chi connectivity index (χ4v) is 2.85. The molecule has 11 heteroatoms. The molecule has 2 heterocycles. The van der Waals surface area contributed by atoms with Crippen molar-refractivity contribution in [1.82, 2.24) is 15.2 Å². The quantitative estimate of drug-likeness (QED) is 0.696. The molecule has 1 unspecified atom stereocenters. The number of ether oxygens (including phenoxy) is 1. The molecular weight excluding hydrogens is 401 g/mol. The predicted molar refractivity (Wildman–Crippen MR) is 98.4 cm³/mol. The highest BCUT2D eigenvalue weighted by atomic mass is 35.5. The van der Waals surface area contributed by atoms with Gasteiger partial charge in [0.1, 0.15) is 0 Å². The van der Waals surface area contributed by atoms with Crippen LogP contribution in [0.15, 0.2) is 18.3 Å². The molecule has 3 N–H and O–H groups in total. The van der Waals surface area contributed by atoms with Crippen molar-refractivity contribution < 1.29 is 27.5 Å². The minimum atomic E-state index is -4.45. The monoisotopic (exact) mass is 424 g/mol. The number of hydrogen-bond donors (Lipinski definition) is 2. The fourth-order valence-electron chi connectivity index (χ4n) is 2.85. The highest BCUT2D eigenvalue weighted by molar-refractivity contribution is 5.94. The van der Waals surface area contributed by atoms with Gasteiger partial charge in [-0.1, -0.05) is 0 Å². The molecule has 1 aliphatic heterocycles. The van der Waals surface area contributed by atoms with Gasteiger partial charge in [0.15, 0.2) is 6.61 Å². The van der Waals surface area contributed by atoms with Gasteiger partial charge in [0.2, 0.25) is 11.8 Å². The number of alkyl halides is 3. The van der Waals surface area contributed by atoms with E-state index >= 15 is 0 Å². The number of likely N-dealkylation sites (tertiary alicyclic amines) is 1. The third kappa shape index (κ3) is 7.51. The summed E-state index contributed by atoms with van der Waals surface area (Å²) in [5, 5.41) is 2.77. The molecule has 0 spiro atoms. The Balaban J connectivity index is 0.00000392. The first-order valence-electron chi connectivity index (χ1n) is 8.73. The van der Waals surface area contributed by atoms with Crippen molar-refractivity contribution in [3.05, 3.63) is 23.9 Å². The molecule has 1 fully saturated rings. The van der Waals surface area contributed by atoms with Crippen LogP contribution in [0.25, 0.3) is 0 Å². The SMILES string of the molecule is Cl.NCCC(=O)NCC1CCCCN1C(=O)c1ccc(OCC(F)(F)F)nc1. The number of halogens is 4. The molecule has 2 amide bonds. The second-order valence-electron chi connectivity index (χ2n) is 6.28. The van der Waals surface area contributed by atoms with E-state index in [9.17, 15) is 22.8 Å². The minimum Gasteiger partial charge on any atom is -0.468 e. The predicted octanol–water partition coefficient (Wildman–Crippen LogP) is 1.90. The Morgan fingerprint density at radius 2 is 2.07 bits per heavy atom. The second kappa shape index (κ2) is 11.1. The van der Waals surface area contributed by atoms with Crippen molar-refractivity contribution in [2.45, 2.75) is 37.9 Å². The Kier molecular flexibility index (Phi) is 9.47. The molecule has 1 aromatic heterocycles. The number of nitrogens with zero attached hydrogens (tertiary/aromatic N) is 2. The molecule has 7 nitrogen and oxygen atoms in total. The summed E-state index contributed by atoms with van der Waals surface area (Å²) in [6, 6.07) is 2.48. The van der Waals surface area contributed by atoms with Crippen molar-refractivity contribution in [2.75, 3.05) is 26.2 Å². The number of nitrogens with two attached hydrogens (primary N) is 1. The van der Waals surface area contributed by atoms with Crippen LogP contribution >= 0.6 is 12.4 Å². The van der Waals surface area contributed by atoms with Crippen LogP contribution in [0.1, 0.15) is 36.0 Å². The topological polar surface area (TPSA) is 97.6 Å². The summed E-state index contributed by atoms with van der Waals surface area (Å²) in [7, 11) is 0. The minimum absolute atomic E-state index is 0. The van der Waals surface area contributed by atoms with Gasteiger partial charge in [-0.05, 0) is 25.3 Å². The number of aromatic nitrogens is 1. The van der Waals surface area contributed by atoms with E-state index in [1.807, 2.05) is 0 Å². The van der Waals surface area contributed by atoms with E-state index in [1.54, 1.807) is 4.90 Å². The van der Waals surface area contributed by atoms with Crippen molar-refractivity contribution in [1.29, 1.82) is 0 Å². The summed E-state index contributed by atoms with van der Waals surface area (Å²) < 4.78 is 41.0. The largest absolute Gasteiger partial charge is 0.468 e. The first kappa shape index (κ1) is 24.0. The van der Waals surface area contributed by atoms with Gasteiger partial charge in [-0.3, -0.25) is 9.59 Å². The third-order valence-corrected chi connectivity index (χ3v) is 4.16. The van der Waals surface area contributed by atoms with Gasteiger partial charge in [-0.2, -0.15) is 13.2 Å². The van der Waals surface area contributed by atoms with Gasteiger partial charge in [-0.15, -0.1) is 12.4 Å². The van der Waals surface area contributed by atoms with Crippen molar-refractivity contribution in [3.8, 4) is 5.88 Å². The maximum Gasteiger partial charge on any atom is 0.422 e. The average molecular weight is 425 g/mol. The zero-order valence-electron chi connectivity index (χ0n) is 15.2. The van der Waals surface area contributed by atoms with Gasteiger partial charge in [0.05, 0.1) is 5.56 Å². The fraction of sp³-hybridized carbons (Fsp3) is 0.588. The summed E-state index contributed by atoms with van der Waals surface area (Å²) in [5.41, 5.74) is 5.60. The number of piperidine rings is 1. The molecule has 28 heavy (non-hydrogen) atoms. The number of carbonyl (C=O) groups excluding carboxylic acids is 2. The Hall–Kier alpha value is -2.07. The lowest BCUT2D eigenvalue weighted by atomic mass is 10.0. The lowest BCUT2D eigenvalue weighted by molar-refractivity contribution is -0.154. The third-order valence-electron chi connectivity index (χ3n) is 4.16. The molecule has 158 valence electrons. The maximum absolute atomic E-state index is 12.7. The van der Waals surface area contributed by atoms with E-state index in [0.29, 0.717) is 13.1 Å². The van der Waals surface area contributed by atoms with Crippen LogP contribution < -0.4 is 15.8 Å². The molecule has 0 bridgehead atoms. The smallest absolute Gasteiger partial charge is 0.422 e. The number of carbonyl (C=O) groups is 2. The summed E-state index contributed by atoms with van der Waals surface area (Å²) in [6.45, 7) is -0.301. The molecule has 0 aromatic carbocycles. The van der Waals surface area contributed by atoms with Crippen LogP contribution in [0.4, 0.5) is 13.2 Å². The number of nitrogens with one attached hydrogen (secondary N) is 1. The van der Waals surface area contributed by atoms with Gasteiger partial charge < -0.3 is 20.7 Å². The van der Waals surface area contributed by atoms with E-state index in [2.05, 4.69) is 15.0 Å². The van der Waals surface area contributed by atoms with E-state index in [4.69, 9.17) is 5.73 Å². The highest BCUT2D eigenvalue weighted by Gasteiger charge is 2.29. The Labute approximate surface area is 167 Å². The Bertz CT molecular complexity index is 644. The molecule has 1 saturated heterocycles. The molecule has 0 radical (unpaired) electrons. The number of amides is 2. The van der Waals surface area contributed by atoms with Gasteiger partial charge >= 0.3 is 6.18 Å². The summed E-state index contributed by atoms with van der Waals surface area (Å²) >= 11 is 0. The van der Waals surface area contributed by atoms with Crippen molar-refractivity contribution in [3.63, 3.8) is 0 Å². The first-order chi connectivity index (χ1) is 12.8. The van der Waals surface area contributed by atoms with Gasteiger partial charge in [0, 0.05) is 44.4 Å². The first-order valence-corrected chi connectivity index (χ1v) is 8.73. The van der Waals surface area contributed by atoms with Crippen LogP contribution in [0.3, 0.4) is 0 Å². The highest BCUT2D eigenvalue weighted by Crippen LogP contribution is 2.21. The lowest BCUT2D eigenvalue weighted by Crippen LogP contribution is -2.49. The molecule has 0 aliphatic carbocycles. The molecule has 1 atom stereocenters. The number of hydrogen-bond acceptors (Lipinski definition) is 5. The van der Waals surface area contributed by atoms with Crippen LogP contribution in [0.2, 0.25) is 0 Å². The Morgan fingerprint density at radius 3 is 2.68 bits per heavy atom.